The molecule has 4 aromatic rings. The van der Waals surface area contributed by atoms with Gasteiger partial charge < -0.3 is 10.1 Å². The van der Waals surface area contributed by atoms with Gasteiger partial charge in [-0.15, -0.1) is 10.2 Å². The molecule has 3 aromatic carbocycles. The zero-order valence-corrected chi connectivity index (χ0v) is 23.6. The molecule has 0 aliphatic rings. The number of halogens is 1. The van der Waals surface area contributed by atoms with Gasteiger partial charge in [0.15, 0.2) is 11.0 Å². The lowest BCUT2D eigenvalue weighted by atomic mass is 10.2. The minimum Gasteiger partial charge on any atom is -0.497 e. The Bertz CT molecular complexity index is 1590. The van der Waals surface area contributed by atoms with E-state index in [4.69, 9.17) is 16.3 Å². The lowest BCUT2D eigenvalue weighted by Gasteiger charge is -2.14. The van der Waals surface area contributed by atoms with Gasteiger partial charge >= 0.3 is 0 Å². The minimum atomic E-state index is -3.66. The number of nitrogens with one attached hydrogen (secondary N) is 1. The highest BCUT2D eigenvalue weighted by molar-refractivity contribution is 7.99. The monoisotopic (exact) mass is 571 g/mol. The smallest absolute Gasteiger partial charge is 0.242 e. The Hall–Kier alpha value is -3.38. The number of anilines is 1. The molecule has 1 amide bonds. The predicted molar refractivity (Wildman–Crippen MR) is 150 cm³/mol. The zero-order valence-electron chi connectivity index (χ0n) is 21.2. The first-order chi connectivity index (χ1) is 18.1. The molecule has 0 aliphatic heterocycles. The van der Waals surface area contributed by atoms with Crippen LogP contribution in [0.1, 0.15) is 5.56 Å². The number of sulfonamides is 1. The second-order valence-corrected chi connectivity index (χ2v) is 11.9. The maximum atomic E-state index is 12.8. The molecule has 1 aromatic heterocycles. The summed E-state index contributed by atoms with van der Waals surface area (Å²) in [6.07, 6.45) is 0. The van der Waals surface area contributed by atoms with Crippen molar-refractivity contribution in [2.75, 3.05) is 32.3 Å². The highest BCUT2D eigenvalue weighted by atomic mass is 35.5. The summed E-state index contributed by atoms with van der Waals surface area (Å²) in [7, 11) is 0.866. The van der Waals surface area contributed by atoms with Gasteiger partial charge in [-0.2, -0.15) is 0 Å². The predicted octanol–water partition coefficient (Wildman–Crippen LogP) is 4.89. The van der Waals surface area contributed by atoms with Crippen LogP contribution in [0.4, 0.5) is 5.69 Å². The van der Waals surface area contributed by atoms with E-state index in [2.05, 4.69) is 15.5 Å². The van der Waals surface area contributed by atoms with Crippen LogP contribution in [0.2, 0.25) is 5.02 Å². The lowest BCUT2D eigenvalue weighted by Crippen LogP contribution is -2.22. The van der Waals surface area contributed by atoms with Gasteiger partial charge in [-0.1, -0.05) is 47.6 Å². The SMILES string of the molecule is COc1cccc(-n2c(SCC(=O)Nc3cccc(Cl)c3C)nnc2-c2cccc(S(=O)(=O)N(C)C)c2)c1. The molecule has 0 unspecified atom stereocenters. The van der Waals surface area contributed by atoms with Crippen molar-refractivity contribution in [3.05, 3.63) is 77.3 Å². The van der Waals surface area contributed by atoms with Crippen molar-refractivity contribution in [3.8, 4) is 22.8 Å². The van der Waals surface area contributed by atoms with Crippen LogP contribution in [0.5, 0.6) is 5.75 Å². The molecule has 0 fully saturated rings. The lowest BCUT2D eigenvalue weighted by molar-refractivity contribution is -0.113. The summed E-state index contributed by atoms with van der Waals surface area (Å²) in [6, 6.07) is 19.1. The van der Waals surface area contributed by atoms with Crippen molar-refractivity contribution in [2.24, 2.45) is 0 Å². The number of nitrogens with zero attached hydrogens (tertiary/aromatic N) is 4. The topological polar surface area (TPSA) is 106 Å². The van der Waals surface area contributed by atoms with Gasteiger partial charge in [0.1, 0.15) is 5.75 Å². The largest absolute Gasteiger partial charge is 0.497 e. The molecule has 0 atom stereocenters. The molecule has 12 heteroatoms. The van der Waals surface area contributed by atoms with E-state index in [1.54, 1.807) is 48.1 Å². The van der Waals surface area contributed by atoms with Gasteiger partial charge in [0.2, 0.25) is 15.9 Å². The molecule has 0 aliphatic carbocycles. The Morgan fingerprint density at radius 1 is 1.08 bits per heavy atom. The number of rotatable bonds is 9. The number of methoxy groups -OCH3 is 1. The third-order valence-electron chi connectivity index (χ3n) is 5.69. The molecule has 1 N–H and O–H groups in total. The standard InChI is InChI=1S/C26H26ClN5O4S2/c1-17-22(27)12-7-13-23(17)28-24(33)16-37-26-30-29-25(32(26)19-9-6-10-20(15-19)36-4)18-8-5-11-21(14-18)38(34,35)31(2)3/h5-15H,16H2,1-4H3,(H,28,33). The van der Waals surface area contributed by atoms with E-state index in [-0.39, 0.29) is 16.6 Å². The normalized spacial score (nSPS) is 11.5. The van der Waals surface area contributed by atoms with Crippen LogP contribution in [0.3, 0.4) is 0 Å². The van der Waals surface area contributed by atoms with Crippen molar-refractivity contribution in [1.82, 2.24) is 19.1 Å². The summed E-state index contributed by atoms with van der Waals surface area (Å²) in [5.74, 6) is 0.864. The van der Waals surface area contributed by atoms with Gasteiger partial charge in [0, 0.05) is 36.4 Å². The Morgan fingerprint density at radius 3 is 2.55 bits per heavy atom. The molecule has 4 rings (SSSR count). The van der Waals surface area contributed by atoms with Crippen molar-refractivity contribution >= 4 is 45.0 Å². The van der Waals surface area contributed by atoms with Crippen molar-refractivity contribution in [1.29, 1.82) is 0 Å². The summed E-state index contributed by atoms with van der Waals surface area (Å²) < 4.78 is 33.8. The average molecular weight is 572 g/mol. The number of hydrogen-bond donors (Lipinski definition) is 1. The second-order valence-electron chi connectivity index (χ2n) is 8.41. The Morgan fingerprint density at radius 2 is 1.82 bits per heavy atom. The first kappa shape index (κ1) is 27.6. The average Bonchev–Trinajstić information content (AvgIpc) is 3.34. The highest BCUT2D eigenvalue weighted by Crippen LogP contribution is 2.31. The number of amides is 1. The van der Waals surface area contributed by atoms with E-state index in [1.165, 1.54) is 31.9 Å². The van der Waals surface area contributed by atoms with E-state index in [0.29, 0.717) is 38.7 Å². The summed E-state index contributed by atoms with van der Waals surface area (Å²) in [4.78, 5) is 12.9. The van der Waals surface area contributed by atoms with Crippen molar-refractivity contribution < 1.29 is 17.9 Å². The van der Waals surface area contributed by atoms with Crippen LogP contribution in [0.25, 0.3) is 17.1 Å². The molecule has 198 valence electrons. The highest BCUT2D eigenvalue weighted by Gasteiger charge is 2.22. The molecule has 0 radical (unpaired) electrons. The fourth-order valence-corrected chi connectivity index (χ4v) is 5.47. The van der Waals surface area contributed by atoms with E-state index < -0.39 is 10.0 Å². The number of benzene rings is 3. The Kier molecular flexibility index (Phi) is 8.41. The van der Waals surface area contributed by atoms with Crippen LogP contribution >= 0.6 is 23.4 Å². The molecule has 0 saturated heterocycles. The number of ether oxygens (including phenoxy) is 1. The molecular formula is C26H26ClN5O4S2. The van der Waals surface area contributed by atoms with Crippen LogP contribution < -0.4 is 10.1 Å². The molecule has 9 nitrogen and oxygen atoms in total. The molecule has 0 saturated carbocycles. The Labute approximate surface area is 230 Å². The van der Waals surface area contributed by atoms with Crippen molar-refractivity contribution in [3.63, 3.8) is 0 Å². The molecule has 0 bridgehead atoms. The maximum Gasteiger partial charge on any atom is 0.242 e. The third kappa shape index (κ3) is 5.86. The van der Waals surface area contributed by atoms with E-state index in [1.807, 2.05) is 31.2 Å². The summed E-state index contributed by atoms with van der Waals surface area (Å²) in [5.41, 5.74) is 2.66. The number of carbonyl (C=O) groups is 1. The quantitative estimate of drug-likeness (QED) is 0.285. The van der Waals surface area contributed by atoms with Crippen LogP contribution in [0.15, 0.2) is 76.8 Å². The first-order valence-corrected chi connectivity index (χ1v) is 14.2. The third-order valence-corrected chi connectivity index (χ3v) is 8.84. The number of aromatic nitrogens is 3. The molecular weight excluding hydrogens is 546 g/mol. The zero-order chi connectivity index (χ0) is 27.4. The van der Waals surface area contributed by atoms with Gasteiger partial charge in [0.05, 0.1) is 23.4 Å². The summed E-state index contributed by atoms with van der Waals surface area (Å²) in [6.45, 7) is 1.83. The summed E-state index contributed by atoms with van der Waals surface area (Å²) >= 11 is 7.37. The molecule has 38 heavy (non-hydrogen) atoms. The summed E-state index contributed by atoms with van der Waals surface area (Å²) in [5, 5.41) is 12.6. The van der Waals surface area contributed by atoms with E-state index in [0.717, 1.165) is 9.87 Å². The number of hydrogen-bond acceptors (Lipinski definition) is 7. The van der Waals surface area contributed by atoms with E-state index >= 15 is 0 Å². The van der Waals surface area contributed by atoms with Gasteiger partial charge in [0.25, 0.3) is 0 Å². The van der Waals surface area contributed by atoms with Gasteiger partial charge in [-0.3, -0.25) is 9.36 Å². The molecule has 0 spiro atoms. The fraction of sp³-hybridized carbons (Fsp3) is 0.192. The van der Waals surface area contributed by atoms with Crippen LogP contribution in [-0.2, 0) is 14.8 Å². The van der Waals surface area contributed by atoms with Crippen molar-refractivity contribution in [2.45, 2.75) is 17.0 Å². The second kappa shape index (κ2) is 11.6. The van der Waals surface area contributed by atoms with Gasteiger partial charge in [-0.05, 0) is 48.9 Å². The first-order valence-electron chi connectivity index (χ1n) is 11.4. The number of carbonyl (C=O) groups excluding carboxylic acids is 1. The van der Waals surface area contributed by atoms with E-state index in [9.17, 15) is 13.2 Å². The molecule has 1 heterocycles. The fourth-order valence-electron chi connectivity index (χ4n) is 3.60. The van der Waals surface area contributed by atoms with Gasteiger partial charge in [-0.25, -0.2) is 12.7 Å². The van der Waals surface area contributed by atoms with Crippen LogP contribution in [-0.4, -0.2) is 60.4 Å². The number of thioether (sulfide) groups is 1. The minimum absolute atomic E-state index is 0.0586. The maximum absolute atomic E-state index is 12.8. The Balaban J connectivity index is 1.70. The van der Waals surface area contributed by atoms with Crippen LogP contribution in [0, 0.1) is 6.92 Å².